The molecule has 0 radical (unpaired) electrons. The minimum Gasteiger partial charge on any atom is -0.384 e. The number of hydrogen-bond acceptors (Lipinski definition) is 4. The molecule has 1 saturated heterocycles. The number of anilines is 1. The van der Waals surface area contributed by atoms with Crippen LogP contribution >= 0.6 is 0 Å². The number of benzene rings is 2. The van der Waals surface area contributed by atoms with Crippen LogP contribution in [0.5, 0.6) is 0 Å². The fourth-order valence-electron chi connectivity index (χ4n) is 3.23. The molecule has 1 fully saturated rings. The topological polar surface area (TPSA) is 106 Å². The second-order valence-corrected chi connectivity index (χ2v) is 7.73. The van der Waals surface area contributed by atoms with E-state index in [1.54, 1.807) is 0 Å². The van der Waals surface area contributed by atoms with Crippen LogP contribution in [0.25, 0.3) is 5.70 Å². The lowest BCUT2D eigenvalue weighted by atomic mass is 10.1. The zero-order valence-corrected chi connectivity index (χ0v) is 18.2. The van der Waals surface area contributed by atoms with E-state index < -0.39 is 42.8 Å². The van der Waals surface area contributed by atoms with Gasteiger partial charge in [-0.1, -0.05) is 0 Å². The SMILES string of the molecule is NC(/C=C(\Nc1ccc(F)cc1)c1cc(F)cc(COCC(F)(F)F)c1)=NC(=O)[C@@H]1CNC(=O)C1. The average molecular weight is 496 g/mol. The van der Waals surface area contributed by atoms with E-state index in [0.717, 1.165) is 12.1 Å². The number of nitrogens with one attached hydrogen (secondary N) is 2. The van der Waals surface area contributed by atoms with E-state index in [2.05, 4.69) is 20.4 Å². The lowest BCUT2D eigenvalue weighted by Crippen LogP contribution is -2.20. The van der Waals surface area contributed by atoms with Crippen molar-refractivity contribution in [1.82, 2.24) is 5.32 Å². The maximum absolute atomic E-state index is 14.3. The highest BCUT2D eigenvalue weighted by molar-refractivity contribution is 6.06. The molecule has 0 saturated carbocycles. The standard InChI is InChI=1S/C23H21F5N4O3/c24-16-1-3-18(4-2-16)31-19(9-20(29)32-22(34)15-8-21(33)30-10-15)14-5-13(6-17(25)7-14)11-35-12-23(26,27)28/h1-7,9,15,31H,8,10-12H2,(H,30,33)(H2,29,32,34)/b19-9-/t15-/m0/s1. The molecule has 0 unspecified atom stereocenters. The van der Waals surface area contributed by atoms with Crippen LogP contribution in [-0.4, -0.2) is 37.0 Å². The summed E-state index contributed by atoms with van der Waals surface area (Å²) in [6.07, 6.45) is -3.34. The molecule has 2 amide bonds. The minimum atomic E-state index is -4.54. The molecule has 0 aliphatic carbocycles. The summed E-state index contributed by atoms with van der Waals surface area (Å²) in [5.74, 6) is -3.11. The molecular formula is C23H21F5N4O3. The number of aliphatic imine (C=N–C) groups is 1. The Morgan fingerprint density at radius 3 is 2.51 bits per heavy atom. The molecule has 2 aromatic carbocycles. The highest BCUT2D eigenvalue weighted by Gasteiger charge is 2.28. The molecule has 35 heavy (non-hydrogen) atoms. The maximum atomic E-state index is 14.3. The Labute approximate surface area is 196 Å². The third-order valence-corrected chi connectivity index (χ3v) is 4.78. The Morgan fingerprint density at radius 2 is 1.89 bits per heavy atom. The lowest BCUT2D eigenvalue weighted by Gasteiger charge is -2.14. The summed E-state index contributed by atoms with van der Waals surface area (Å²) in [5.41, 5.74) is 6.67. The van der Waals surface area contributed by atoms with Crippen LogP contribution in [0.1, 0.15) is 17.5 Å². The zero-order chi connectivity index (χ0) is 25.6. The van der Waals surface area contributed by atoms with Gasteiger partial charge >= 0.3 is 6.18 Å². The summed E-state index contributed by atoms with van der Waals surface area (Å²) in [7, 11) is 0. The van der Waals surface area contributed by atoms with Gasteiger partial charge < -0.3 is 21.1 Å². The number of carbonyl (C=O) groups excluding carboxylic acids is 2. The Hall–Kier alpha value is -3.80. The van der Waals surface area contributed by atoms with E-state index in [4.69, 9.17) is 5.73 Å². The third-order valence-electron chi connectivity index (χ3n) is 4.78. The van der Waals surface area contributed by atoms with Crippen molar-refractivity contribution < 1.29 is 36.3 Å². The quantitative estimate of drug-likeness (QED) is 0.295. The van der Waals surface area contributed by atoms with Gasteiger partial charge in [0.1, 0.15) is 24.1 Å². The number of nitrogens with zero attached hydrogens (tertiary/aromatic N) is 1. The zero-order valence-electron chi connectivity index (χ0n) is 18.2. The second-order valence-electron chi connectivity index (χ2n) is 7.73. The van der Waals surface area contributed by atoms with Crippen molar-refractivity contribution in [2.24, 2.45) is 16.6 Å². The summed E-state index contributed by atoms with van der Waals surface area (Å²) in [4.78, 5) is 27.4. The van der Waals surface area contributed by atoms with Gasteiger partial charge in [-0.25, -0.2) is 8.78 Å². The van der Waals surface area contributed by atoms with Gasteiger partial charge in [0.2, 0.25) is 5.91 Å². The van der Waals surface area contributed by atoms with Crippen LogP contribution in [0.15, 0.2) is 53.5 Å². The van der Waals surface area contributed by atoms with Crippen LogP contribution in [0.2, 0.25) is 0 Å². The van der Waals surface area contributed by atoms with Crippen LogP contribution in [0.4, 0.5) is 27.6 Å². The molecule has 0 aromatic heterocycles. The lowest BCUT2D eigenvalue weighted by molar-refractivity contribution is -0.176. The van der Waals surface area contributed by atoms with Crippen molar-refractivity contribution in [2.75, 3.05) is 18.5 Å². The van der Waals surface area contributed by atoms with E-state index in [0.29, 0.717) is 5.69 Å². The number of amides is 2. The van der Waals surface area contributed by atoms with Crippen LogP contribution in [0.3, 0.4) is 0 Å². The predicted octanol–water partition coefficient (Wildman–Crippen LogP) is 3.52. The summed E-state index contributed by atoms with van der Waals surface area (Å²) in [5, 5.41) is 5.42. The molecular weight excluding hydrogens is 475 g/mol. The fourth-order valence-corrected chi connectivity index (χ4v) is 3.23. The van der Waals surface area contributed by atoms with Gasteiger partial charge in [0.05, 0.1) is 12.5 Å². The number of nitrogens with two attached hydrogens (primary N) is 1. The number of carbonyl (C=O) groups is 2. The molecule has 2 aromatic rings. The number of hydrogen-bond donors (Lipinski definition) is 3. The molecule has 7 nitrogen and oxygen atoms in total. The molecule has 0 spiro atoms. The molecule has 4 N–H and O–H groups in total. The molecule has 1 heterocycles. The van der Waals surface area contributed by atoms with Gasteiger partial charge in [0.15, 0.2) is 0 Å². The van der Waals surface area contributed by atoms with E-state index >= 15 is 0 Å². The monoisotopic (exact) mass is 496 g/mol. The first-order chi connectivity index (χ1) is 16.5. The third kappa shape index (κ3) is 8.18. The predicted molar refractivity (Wildman–Crippen MR) is 118 cm³/mol. The van der Waals surface area contributed by atoms with Crippen molar-refractivity contribution in [3.63, 3.8) is 0 Å². The smallest absolute Gasteiger partial charge is 0.384 e. The second kappa shape index (κ2) is 11.1. The fraction of sp³-hybridized carbons (Fsp3) is 0.261. The van der Waals surface area contributed by atoms with Crippen LogP contribution in [-0.2, 0) is 20.9 Å². The van der Waals surface area contributed by atoms with E-state index in [1.807, 2.05) is 0 Å². The van der Waals surface area contributed by atoms with Crippen LogP contribution in [0, 0.1) is 17.6 Å². The van der Waals surface area contributed by atoms with Crippen molar-refractivity contribution in [3.8, 4) is 0 Å². The van der Waals surface area contributed by atoms with Crippen molar-refractivity contribution in [3.05, 3.63) is 71.3 Å². The highest BCUT2D eigenvalue weighted by atomic mass is 19.4. The van der Waals surface area contributed by atoms with E-state index in [-0.39, 0.29) is 41.5 Å². The molecule has 1 atom stereocenters. The number of ether oxygens (including phenoxy) is 1. The van der Waals surface area contributed by atoms with Crippen molar-refractivity contribution >= 4 is 29.0 Å². The van der Waals surface area contributed by atoms with Gasteiger partial charge in [-0.2, -0.15) is 18.2 Å². The largest absolute Gasteiger partial charge is 0.411 e. The summed E-state index contributed by atoms with van der Waals surface area (Å²) in [6, 6.07) is 8.61. The van der Waals surface area contributed by atoms with Gasteiger partial charge in [-0.05, 0) is 48.0 Å². The summed E-state index contributed by atoms with van der Waals surface area (Å²) < 4.78 is 69.3. The number of amidine groups is 1. The number of alkyl halides is 3. The molecule has 0 bridgehead atoms. The highest BCUT2D eigenvalue weighted by Crippen LogP contribution is 2.23. The van der Waals surface area contributed by atoms with Gasteiger partial charge in [0, 0.05) is 36.0 Å². The first-order valence-corrected chi connectivity index (χ1v) is 10.3. The number of rotatable bonds is 8. The van der Waals surface area contributed by atoms with E-state index in [1.165, 1.54) is 36.4 Å². The van der Waals surface area contributed by atoms with Crippen molar-refractivity contribution in [2.45, 2.75) is 19.2 Å². The van der Waals surface area contributed by atoms with Crippen molar-refractivity contribution in [1.29, 1.82) is 0 Å². The molecule has 1 aliphatic rings. The Bertz CT molecular complexity index is 1150. The first-order valence-electron chi connectivity index (χ1n) is 10.3. The molecule has 3 rings (SSSR count). The van der Waals surface area contributed by atoms with Gasteiger partial charge in [0.25, 0.3) is 5.91 Å². The maximum Gasteiger partial charge on any atom is 0.411 e. The molecule has 186 valence electrons. The van der Waals surface area contributed by atoms with E-state index in [9.17, 15) is 31.5 Å². The summed E-state index contributed by atoms with van der Waals surface area (Å²) in [6.45, 7) is -1.89. The number of halogens is 5. The Morgan fingerprint density at radius 1 is 1.17 bits per heavy atom. The average Bonchev–Trinajstić information content (AvgIpc) is 3.20. The Balaban J connectivity index is 1.90. The normalized spacial score (nSPS) is 16.8. The van der Waals surface area contributed by atoms with Crippen LogP contribution < -0.4 is 16.4 Å². The summed E-state index contributed by atoms with van der Waals surface area (Å²) >= 11 is 0. The van der Waals surface area contributed by atoms with Gasteiger partial charge in [-0.3, -0.25) is 9.59 Å². The first kappa shape index (κ1) is 25.8. The molecule has 12 heteroatoms. The van der Waals surface area contributed by atoms with Gasteiger partial charge in [-0.15, -0.1) is 0 Å². The minimum absolute atomic E-state index is 0.0226. The molecule has 1 aliphatic heterocycles. The Kier molecular flexibility index (Phi) is 8.18.